The number of hydrogen-bond donors (Lipinski definition) is 2. The molecule has 1 aromatic carbocycles. The summed E-state index contributed by atoms with van der Waals surface area (Å²) in [6.45, 7) is 0. The lowest BCUT2D eigenvalue weighted by atomic mass is 10.1. The highest BCUT2D eigenvalue weighted by Gasteiger charge is 1.97. The molecular formula is C12H17NO2. The minimum absolute atomic E-state index is 0.275. The second kappa shape index (κ2) is 6.06. The van der Waals surface area contributed by atoms with Crippen LogP contribution in [-0.4, -0.2) is 11.1 Å². The van der Waals surface area contributed by atoms with Crippen molar-refractivity contribution in [3.05, 3.63) is 29.8 Å². The number of carbonyl (C=O) groups is 1. The van der Waals surface area contributed by atoms with Crippen LogP contribution in [-0.2, 0) is 11.2 Å². The fourth-order valence-corrected chi connectivity index (χ4v) is 1.53. The van der Waals surface area contributed by atoms with E-state index in [9.17, 15) is 4.79 Å². The van der Waals surface area contributed by atoms with E-state index in [-0.39, 0.29) is 6.42 Å². The molecule has 0 amide bonds. The normalized spacial score (nSPS) is 10.1. The first-order valence-electron chi connectivity index (χ1n) is 5.24. The van der Waals surface area contributed by atoms with Crippen LogP contribution in [0.4, 0.5) is 5.69 Å². The van der Waals surface area contributed by atoms with Crippen molar-refractivity contribution >= 4 is 11.7 Å². The van der Waals surface area contributed by atoms with Gasteiger partial charge in [0, 0.05) is 12.1 Å². The van der Waals surface area contributed by atoms with E-state index in [2.05, 4.69) is 0 Å². The minimum atomic E-state index is -0.709. The SMILES string of the molecule is Nc1cccc(CCCCCC(=O)O)c1. The molecule has 0 aromatic heterocycles. The van der Waals surface area contributed by atoms with Crippen LogP contribution in [0.25, 0.3) is 0 Å². The number of anilines is 1. The lowest BCUT2D eigenvalue weighted by Gasteiger charge is -2.01. The lowest BCUT2D eigenvalue weighted by Crippen LogP contribution is -1.94. The van der Waals surface area contributed by atoms with Gasteiger partial charge in [0.15, 0.2) is 0 Å². The average Bonchev–Trinajstić information content (AvgIpc) is 2.17. The molecule has 0 bridgehead atoms. The molecule has 0 aliphatic heterocycles. The highest BCUT2D eigenvalue weighted by atomic mass is 16.4. The molecule has 3 N–H and O–H groups in total. The smallest absolute Gasteiger partial charge is 0.303 e. The standard InChI is InChI=1S/C12H17NO2/c13-11-7-4-6-10(9-11)5-2-1-3-8-12(14)15/h4,6-7,9H,1-3,5,8,13H2,(H,14,15). The predicted molar refractivity (Wildman–Crippen MR) is 60.7 cm³/mol. The molecule has 0 saturated carbocycles. The number of rotatable bonds is 6. The molecule has 3 heteroatoms. The monoisotopic (exact) mass is 207 g/mol. The number of nitrogen functional groups attached to an aromatic ring is 1. The molecule has 82 valence electrons. The first-order valence-corrected chi connectivity index (χ1v) is 5.24. The van der Waals surface area contributed by atoms with Crippen LogP contribution < -0.4 is 5.73 Å². The third-order valence-electron chi connectivity index (χ3n) is 2.31. The summed E-state index contributed by atoms with van der Waals surface area (Å²) in [4.78, 5) is 10.3. The number of hydrogen-bond acceptors (Lipinski definition) is 2. The highest BCUT2D eigenvalue weighted by molar-refractivity contribution is 5.66. The van der Waals surface area contributed by atoms with E-state index in [1.54, 1.807) is 0 Å². The maximum Gasteiger partial charge on any atom is 0.303 e. The lowest BCUT2D eigenvalue weighted by molar-refractivity contribution is -0.137. The van der Waals surface area contributed by atoms with Gasteiger partial charge in [0.25, 0.3) is 0 Å². The van der Waals surface area contributed by atoms with Gasteiger partial charge in [-0.2, -0.15) is 0 Å². The zero-order chi connectivity index (χ0) is 11.1. The molecule has 1 aromatic rings. The van der Waals surface area contributed by atoms with Gasteiger partial charge in [0.05, 0.1) is 0 Å². The van der Waals surface area contributed by atoms with Crippen molar-refractivity contribution in [2.75, 3.05) is 5.73 Å². The van der Waals surface area contributed by atoms with Crippen LogP contribution in [0.1, 0.15) is 31.2 Å². The van der Waals surface area contributed by atoms with E-state index < -0.39 is 5.97 Å². The Morgan fingerprint density at radius 2 is 2.07 bits per heavy atom. The van der Waals surface area contributed by atoms with Gasteiger partial charge >= 0.3 is 5.97 Å². The Labute approximate surface area is 89.9 Å². The van der Waals surface area contributed by atoms with Gasteiger partial charge in [-0.1, -0.05) is 18.6 Å². The average molecular weight is 207 g/mol. The van der Waals surface area contributed by atoms with Crippen LogP contribution in [0, 0.1) is 0 Å². The van der Waals surface area contributed by atoms with Crippen LogP contribution in [0.5, 0.6) is 0 Å². The van der Waals surface area contributed by atoms with Crippen molar-refractivity contribution < 1.29 is 9.90 Å². The van der Waals surface area contributed by atoms with Crippen molar-refractivity contribution in [2.24, 2.45) is 0 Å². The molecule has 0 saturated heterocycles. The fourth-order valence-electron chi connectivity index (χ4n) is 1.53. The van der Waals surface area contributed by atoms with Crippen LogP contribution >= 0.6 is 0 Å². The number of benzene rings is 1. The molecular weight excluding hydrogens is 190 g/mol. The van der Waals surface area contributed by atoms with E-state index in [0.29, 0.717) is 0 Å². The largest absolute Gasteiger partial charge is 0.481 e. The van der Waals surface area contributed by atoms with E-state index in [0.717, 1.165) is 31.4 Å². The van der Waals surface area contributed by atoms with Crippen molar-refractivity contribution in [1.29, 1.82) is 0 Å². The molecule has 1 rings (SSSR count). The number of unbranched alkanes of at least 4 members (excludes halogenated alkanes) is 2. The van der Waals surface area contributed by atoms with E-state index in [1.807, 2.05) is 24.3 Å². The topological polar surface area (TPSA) is 63.3 Å². The Morgan fingerprint density at radius 3 is 2.73 bits per heavy atom. The molecule has 0 spiro atoms. The molecule has 0 fully saturated rings. The minimum Gasteiger partial charge on any atom is -0.481 e. The Balaban J connectivity index is 2.17. The van der Waals surface area contributed by atoms with Gasteiger partial charge in [-0.25, -0.2) is 0 Å². The summed E-state index contributed by atoms with van der Waals surface area (Å²) in [5.41, 5.74) is 7.67. The molecule has 0 aliphatic carbocycles. The van der Waals surface area contributed by atoms with Crippen LogP contribution in [0.2, 0.25) is 0 Å². The molecule has 0 atom stereocenters. The summed E-state index contributed by atoms with van der Waals surface area (Å²) < 4.78 is 0. The number of aliphatic carboxylic acids is 1. The van der Waals surface area contributed by atoms with Crippen LogP contribution in [0.15, 0.2) is 24.3 Å². The van der Waals surface area contributed by atoms with Crippen molar-refractivity contribution in [1.82, 2.24) is 0 Å². The van der Waals surface area contributed by atoms with Gasteiger partial charge in [-0.3, -0.25) is 4.79 Å². The summed E-state index contributed by atoms with van der Waals surface area (Å²) in [5, 5.41) is 8.45. The highest BCUT2D eigenvalue weighted by Crippen LogP contribution is 2.11. The fraction of sp³-hybridized carbons (Fsp3) is 0.417. The molecule has 0 heterocycles. The summed E-state index contributed by atoms with van der Waals surface area (Å²) in [6.07, 6.45) is 4.00. The second-order valence-electron chi connectivity index (χ2n) is 3.70. The van der Waals surface area contributed by atoms with Gasteiger partial charge in [0.2, 0.25) is 0 Å². The number of aryl methyl sites for hydroxylation is 1. The number of carboxylic acid groups (broad SMARTS) is 1. The first-order chi connectivity index (χ1) is 7.18. The Morgan fingerprint density at radius 1 is 1.27 bits per heavy atom. The van der Waals surface area contributed by atoms with Crippen molar-refractivity contribution in [3.63, 3.8) is 0 Å². The van der Waals surface area contributed by atoms with E-state index in [1.165, 1.54) is 5.56 Å². The third kappa shape index (κ3) is 5.05. The molecule has 0 aliphatic rings. The summed E-state index contributed by atoms with van der Waals surface area (Å²) in [5.74, 6) is -0.709. The Hall–Kier alpha value is -1.51. The predicted octanol–water partition coefficient (Wildman–Crippen LogP) is 2.46. The van der Waals surface area contributed by atoms with Crippen molar-refractivity contribution in [2.45, 2.75) is 32.1 Å². The van der Waals surface area contributed by atoms with Gasteiger partial charge in [-0.05, 0) is 37.0 Å². The zero-order valence-corrected chi connectivity index (χ0v) is 8.78. The van der Waals surface area contributed by atoms with E-state index >= 15 is 0 Å². The zero-order valence-electron chi connectivity index (χ0n) is 8.78. The molecule has 0 radical (unpaired) electrons. The van der Waals surface area contributed by atoms with E-state index in [4.69, 9.17) is 10.8 Å². The Kier molecular flexibility index (Phi) is 4.68. The van der Waals surface area contributed by atoms with Gasteiger partial charge in [0.1, 0.15) is 0 Å². The number of carboxylic acids is 1. The van der Waals surface area contributed by atoms with Crippen molar-refractivity contribution in [3.8, 4) is 0 Å². The maximum atomic E-state index is 10.3. The Bertz CT molecular complexity index is 323. The second-order valence-corrected chi connectivity index (χ2v) is 3.70. The molecule has 3 nitrogen and oxygen atoms in total. The summed E-state index contributed by atoms with van der Waals surface area (Å²) in [6, 6.07) is 7.83. The third-order valence-corrected chi connectivity index (χ3v) is 2.31. The van der Waals surface area contributed by atoms with Gasteiger partial charge in [-0.15, -0.1) is 0 Å². The first kappa shape index (κ1) is 11.6. The van der Waals surface area contributed by atoms with Gasteiger partial charge < -0.3 is 10.8 Å². The quantitative estimate of drug-likeness (QED) is 0.556. The maximum absolute atomic E-state index is 10.3. The molecule has 15 heavy (non-hydrogen) atoms. The summed E-state index contributed by atoms with van der Waals surface area (Å²) in [7, 11) is 0. The summed E-state index contributed by atoms with van der Waals surface area (Å²) >= 11 is 0. The van der Waals surface area contributed by atoms with Crippen LogP contribution in [0.3, 0.4) is 0 Å². The number of nitrogens with two attached hydrogens (primary N) is 1. The molecule has 0 unspecified atom stereocenters.